The molecule has 82 valence electrons. The molecule has 0 bridgehead atoms. The van der Waals surface area contributed by atoms with Gasteiger partial charge in [-0.3, -0.25) is 0 Å². The highest BCUT2D eigenvalue weighted by molar-refractivity contribution is 7.89. The molecule has 1 aromatic rings. The van der Waals surface area contributed by atoms with Gasteiger partial charge in [0.05, 0.1) is 0 Å². The van der Waals surface area contributed by atoms with Crippen molar-refractivity contribution in [1.82, 2.24) is 9.46 Å². The minimum atomic E-state index is -3.67. The van der Waals surface area contributed by atoms with Crippen LogP contribution in [0.1, 0.15) is 16.9 Å². The fraction of sp³-hybridized carbons (Fsp3) is 0.429. The van der Waals surface area contributed by atoms with Gasteiger partial charge in [-0.25, -0.2) is 13.2 Å². The molecule has 15 heavy (non-hydrogen) atoms. The van der Waals surface area contributed by atoms with E-state index in [1.807, 2.05) is 0 Å². The van der Waals surface area contributed by atoms with Crippen LogP contribution in [0, 0.1) is 0 Å². The van der Waals surface area contributed by atoms with Crippen molar-refractivity contribution in [1.29, 1.82) is 0 Å². The number of carbonyl (C=O) groups is 1. The first-order chi connectivity index (χ1) is 7.01. The molecule has 1 aliphatic heterocycles. The summed E-state index contributed by atoms with van der Waals surface area (Å²) in [6.45, 7) is 0.872. The molecule has 2 rings (SSSR count). The van der Waals surface area contributed by atoms with Crippen LogP contribution in [0.3, 0.4) is 0 Å². The van der Waals surface area contributed by atoms with Crippen LogP contribution in [0.15, 0.2) is 15.7 Å². The maximum Gasteiger partial charge on any atom is 0.358 e. The molecule has 1 fully saturated rings. The lowest BCUT2D eigenvalue weighted by atomic mass is 10.3. The highest BCUT2D eigenvalue weighted by atomic mass is 32.2. The lowest BCUT2D eigenvalue weighted by molar-refractivity contribution is 0.0685. The van der Waals surface area contributed by atoms with E-state index in [4.69, 9.17) is 5.11 Å². The van der Waals surface area contributed by atoms with Crippen molar-refractivity contribution in [3.8, 4) is 0 Å². The Morgan fingerprint density at radius 1 is 1.53 bits per heavy atom. The fourth-order valence-electron chi connectivity index (χ4n) is 1.14. The summed E-state index contributed by atoms with van der Waals surface area (Å²) in [7, 11) is -3.67. The molecule has 7 nitrogen and oxygen atoms in total. The Bertz CT molecular complexity index is 487. The number of rotatable bonds is 3. The number of aromatic nitrogens is 1. The molecule has 0 aliphatic carbocycles. The maximum atomic E-state index is 11.6. The van der Waals surface area contributed by atoms with E-state index in [9.17, 15) is 13.2 Å². The number of sulfonamides is 1. The number of hydrogen-bond acceptors (Lipinski definition) is 5. The van der Waals surface area contributed by atoms with E-state index >= 15 is 0 Å². The first-order valence-electron chi connectivity index (χ1n) is 4.22. The summed E-state index contributed by atoms with van der Waals surface area (Å²) in [4.78, 5) is 10.5. The van der Waals surface area contributed by atoms with Gasteiger partial charge in [-0.1, -0.05) is 5.16 Å². The summed E-state index contributed by atoms with van der Waals surface area (Å²) in [5.74, 6) is -1.32. The first kappa shape index (κ1) is 10.1. The van der Waals surface area contributed by atoms with Crippen LogP contribution in [0.25, 0.3) is 0 Å². The number of carboxylic acids is 1. The Hall–Kier alpha value is -1.41. The molecule has 2 heterocycles. The zero-order valence-corrected chi connectivity index (χ0v) is 8.40. The fourth-order valence-corrected chi connectivity index (χ4v) is 2.52. The van der Waals surface area contributed by atoms with E-state index in [0.717, 1.165) is 12.5 Å². The molecule has 0 atom stereocenters. The Kier molecular flexibility index (Phi) is 2.24. The summed E-state index contributed by atoms with van der Waals surface area (Å²) in [6.07, 6.45) is 0.805. The molecule has 0 unspecified atom stereocenters. The van der Waals surface area contributed by atoms with E-state index in [1.165, 1.54) is 4.31 Å². The number of aromatic carboxylic acids is 1. The van der Waals surface area contributed by atoms with Crippen LogP contribution >= 0.6 is 0 Å². The van der Waals surface area contributed by atoms with Crippen LogP contribution in [0.4, 0.5) is 0 Å². The van der Waals surface area contributed by atoms with Gasteiger partial charge in [0, 0.05) is 19.2 Å². The van der Waals surface area contributed by atoms with Gasteiger partial charge in [-0.15, -0.1) is 0 Å². The van der Waals surface area contributed by atoms with Gasteiger partial charge in [0.15, 0.2) is 5.69 Å². The van der Waals surface area contributed by atoms with Crippen molar-refractivity contribution in [3.05, 3.63) is 11.8 Å². The van der Waals surface area contributed by atoms with Gasteiger partial charge in [0.2, 0.25) is 0 Å². The second-order valence-electron chi connectivity index (χ2n) is 3.09. The zero-order valence-electron chi connectivity index (χ0n) is 7.58. The Morgan fingerprint density at radius 2 is 2.20 bits per heavy atom. The predicted octanol–water partition coefficient (Wildman–Crippen LogP) is -0.233. The molecule has 0 spiro atoms. The summed E-state index contributed by atoms with van der Waals surface area (Å²) in [5.41, 5.74) is -0.408. The van der Waals surface area contributed by atoms with Gasteiger partial charge < -0.3 is 9.63 Å². The standard InChI is InChI=1S/C7H8N2O5S/c10-7(11)5-4-6(14-8-5)15(12,13)9-2-1-3-9/h4H,1-3H2,(H,10,11). The normalized spacial score (nSPS) is 17.3. The van der Waals surface area contributed by atoms with Gasteiger partial charge in [0.25, 0.3) is 15.1 Å². The average Bonchev–Trinajstić information content (AvgIpc) is 2.46. The van der Waals surface area contributed by atoms with Crippen molar-refractivity contribution >= 4 is 16.0 Å². The molecule has 0 radical (unpaired) electrons. The third-order valence-corrected chi connectivity index (χ3v) is 3.86. The Balaban J connectivity index is 2.32. The molecule has 1 N–H and O–H groups in total. The number of hydrogen-bond donors (Lipinski definition) is 1. The van der Waals surface area contributed by atoms with Crippen molar-refractivity contribution in [2.45, 2.75) is 11.5 Å². The third kappa shape index (κ3) is 1.61. The molecular formula is C7H8N2O5S. The third-order valence-electron chi connectivity index (χ3n) is 2.12. The molecule has 1 saturated heterocycles. The van der Waals surface area contributed by atoms with Crippen LogP contribution in [0.2, 0.25) is 0 Å². The van der Waals surface area contributed by atoms with Gasteiger partial charge in [-0.2, -0.15) is 4.31 Å². The number of carboxylic acid groups (broad SMARTS) is 1. The van der Waals surface area contributed by atoms with Crippen molar-refractivity contribution in [3.63, 3.8) is 0 Å². The monoisotopic (exact) mass is 232 g/mol. The second kappa shape index (κ2) is 3.31. The summed E-state index contributed by atoms with van der Waals surface area (Å²) in [6, 6.07) is 0.913. The van der Waals surface area contributed by atoms with Crippen LogP contribution in [-0.2, 0) is 10.0 Å². The largest absolute Gasteiger partial charge is 0.476 e. The first-order valence-corrected chi connectivity index (χ1v) is 5.66. The van der Waals surface area contributed by atoms with Crippen LogP contribution in [0.5, 0.6) is 0 Å². The summed E-state index contributed by atoms with van der Waals surface area (Å²) < 4.78 is 29.0. The maximum absolute atomic E-state index is 11.6. The Morgan fingerprint density at radius 3 is 2.60 bits per heavy atom. The molecule has 0 amide bonds. The lowest BCUT2D eigenvalue weighted by Gasteiger charge is -2.27. The molecule has 0 aromatic carbocycles. The summed E-state index contributed by atoms with van der Waals surface area (Å²) in [5, 5.41) is 11.3. The zero-order chi connectivity index (χ0) is 11.1. The van der Waals surface area contributed by atoms with Gasteiger partial charge in [0.1, 0.15) is 0 Å². The minimum absolute atomic E-state index is 0.408. The topological polar surface area (TPSA) is 101 Å². The van der Waals surface area contributed by atoms with Crippen molar-refractivity contribution in [2.75, 3.05) is 13.1 Å². The van der Waals surface area contributed by atoms with Crippen molar-refractivity contribution in [2.24, 2.45) is 0 Å². The highest BCUT2D eigenvalue weighted by Crippen LogP contribution is 2.21. The number of nitrogens with zero attached hydrogens (tertiary/aromatic N) is 2. The highest BCUT2D eigenvalue weighted by Gasteiger charge is 2.33. The molecular weight excluding hydrogens is 224 g/mol. The van der Waals surface area contributed by atoms with Crippen LogP contribution < -0.4 is 0 Å². The van der Waals surface area contributed by atoms with Crippen LogP contribution in [-0.4, -0.2) is 42.0 Å². The average molecular weight is 232 g/mol. The quantitative estimate of drug-likeness (QED) is 0.772. The van der Waals surface area contributed by atoms with E-state index in [1.54, 1.807) is 0 Å². The van der Waals surface area contributed by atoms with E-state index in [-0.39, 0.29) is 0 Å². The molecule has 1 aromatic heterocycles. The molecule has 8 heteroatoms. The van der Waals surface area contributed by atoms with E-state index in [0.29, 0.717) is 13.1 Å². The van der Waals surface area contributed by atoms with Gasteiger partial charge >= 0.3 is 5.97 Å². The van der Waals surface area contributed by atoms with Gasteiger partial charge in [-0.05, 0) is 6.42 Å². The Labute approximate surface area is 85.3 Å². The predicted molar refractivity (Wildman–Crippen MR) is 46.8 cm³/mol. The smallest absolute Gasteiger partial charge is 0.358 e. The van der Waals surface area contributed by atoms with E-state index in [2.05, 4.69) is 9.68 Å². The van der Waals surface area contributed by atoms with Crippen molar-refractivity contribution < 1.29 is 22.8 Å². The van der Waals surface area contributed by atoms with E-state index < -0.39 is 26.8 Å². The lowest BCUT2D eigenvalue weighted by Crippen LogP contribution is -2.41. The SMILES string of the molecule is O=C(O)c1cc(S(=O)(=O)N2CCC2)on1. The minimum Gasteiger partial charge on any atom is -0.476 e. The molecule has 1 aliphatic rings. The molecule has 0 saturated carbocycles. The second-order valence-corrected chi connectivity index (χ2v) is 4.96. The summed E-state index contributed by atoms with van der Waals surface area (Å²) >= 11 is 0.